The van der Waals surface area contributed by atoms with Crippen LogP contribution in [0.3, 0.4) is 0 Å². The van der Waals surface area contributed by atoms with E-state index in [1.807, 2.05) is 0 Å². The second-order valence-electron chi connectivity index (χ2n) is 2.43. The Bertz CT molecular complexity index is 247. The van der Waals surface area contributed by atoms with Crippen molar-refractivity contribution in [2.24, 2.45) is 10.9 Å². The molecular weight excluding hydrogens is 212 g/mol. The molecular formula is C6H7BrN2O2. The zero-order valence-corrected chi connectivity index (χ0v) is 7.54. The number of nitrogens with zero attached hydrogens (tertiary/aromatic N) is 2. The van der Waals surface area contributed by atoms with E-state index < -0.39 is 4.92 Å². The van der Waals surface area contributed by atoms with Crippen LogP contribution in [0.15, 0.2) is 15.7 Å². The zero-order chi connectivity index (χ0) is 8.43. The molecule has 1 unspecified atom stereocenters. The molecule has 0 aromatic heterocycles. The van der Waals surface area contributed by atoms with Gasteiger partial charge in [-0.05, 0) is 16.3 Å². The molecule has 0 saturated carbocycles. The summed E-state index contributed by atoms with van der Waals surface area (Å²) in [4.78, 5) is 13.6. The lowest BCUT2D eigenvalue weighted by atomic mass is 10.1. The van der Waals surface area contributed by atoms with Crippen molar-refractivity contribution in [2.45, 2.75) is 13.3 Å². The first-order valence-corrected chi connectivity index (χ1v) is 3.97. The molecule has 0 radical (unpaired) electrons. The molecule has 0 spiro atoms. The molecule has 5 heteroatoms. The molecule has 1 atom stereocenters. The van der Waals surface area contributed by atoms with Crippen LogP contribution in [0.25, 0.3) is 0 Å². The van der Waals surface area contributed by atoms with Gasteiger partial charge in [-0.25, -0.2) is 0 Å². The van der Waals surface area contributed by atoms with Crippen LogP contribution in [0, 0.1) is 16.0 Å². The number of nitro groups is 1. The number of halogens is 1. The van der Waals surface area contributed by atoms with Gasteiger partial charge in [0.05, 0.1) is 5.92 Å². The topological polar surface area (TPSA) is 55.5 Å². The molecule has 11 heavy (non-hydrogen) atoms. The highest BCUT2D eigenvalue weighted by Crippen LogP contribution is 2.22. The Labute approximate surface area is 72.3 Å². The Morgan fingerprint density at radius 2 is 2.55 bits per heavy atom. The predicted octanol–water partition coefficient (Wildman–Crippen LogP) is 1.94. The highest BCUT2D eigenvalue weighted by molar-refractivity contribution is 9.11. The van der Waals surface area contributed by atoms with E-state index >= 15 is 0 Å². The maximum Gasteiger partial charge on any atom is 0.341 e. The van der Waals surface area contributed by atoms with E-state index in [4.69, 9.17) is 0 Å². The fraction of sp³-hybridized carbons (Fsp3) is 0.500. The van der Waals surface area contributed by atoms with E-state index in [-0.39, 0.29) is 11.8 Å². The fourth-order valence-corrected chi connectivity index (χ4v) is 1.51. The van der Waals surface area contributed by atoms with Crippen molar-refractivity contribution in [3.8, 4) is 0 Å². The number of aliphatic imine (C=N–C) groups is 1. The van der Waals surface area contributed by atoms with Gasteiger partial charge in [0, 0.05) is 4.48 Å². The summed E-state index contributed by atoms with van der Waals surface area (Å²) in [6.07, 6.45) is 2.15. The number of hydrogen-bond acceptors (Lipinski definition) is 3. The van der Waals surface area contributed by atoms with Gasteiger partial charge in [0.1, 0.15) is 6.20 Å². The first-order valence-electron chi connectivity index (χ1n) is 3.18. The van der Waals surface area contributed by atoms with Crippen molar-refractivity contribution in [3.63, 3.8) is 0 Å². The van der Waals surface area contributed by atoms with E-state index in [0.29, 0.717) is 6.42 Å². The molecule has 0 fully saturated rings. The summed E-state index contributed by atoms with van der Waals surface area (Å²) in [6.45, 7) is 1.79. The molecule has 1 aliphatic heterocycles. The fourth-order valence-electron chi connectivity index (χ4n) is 0.927. The minimum Gasteiger partial charge on any atom is -0.358 e. The lowest BCUT2D eigenvalue weighted by Gasteiger charge is -2.09. The Hall–Kier alpha value is -0.710. The van der Waals surface area contributed by atoms with Gasteiger partial charge >= 0.3 is 5.84 Å². The normalized spacial score (nSPS) is 24.0. The van der Waals surface area contributed by atoms with Gasteiger partial charge in [0.2, 0.25) is 0 Å². The molecule has 0 bridgehead atoms. The second-order valence-corrected chi connectivity index (χ2v) is 3.44. The molecule has 1 rings (SSSR count). The molecule has 0 saturated heterocycles. The zero-order valence-electron chi connectivity index (χ0n) is 5.95. The van der Waals surface area contributed by atoms with Crippen molar-refractivity contribution >= 4 is 21.8 Å². The van der Waals surface area contributed by atoms with Crippen LogP contribution in [0.1, 0.15) is 13.3 Å². The van der Waals surface area contributed by atoms with Crippen LogP contribution in [0.4, 0.5) is 0 Å². The summed E-state index contributed by atoms with van der Waals surface area (Å²) in [6, 6.07) is 0. The predicted molar refractivity (Wildman–Crippen MR) is 45.2 cm³/mol. The van der Waals surface area contributed by atoms with Gasteiger partial charge in [-0.1, -0.05) is 22.9 Å². The van der Waals surface area contributed by atoms with Gasteiger partial charge in [0.15, 0.2) is 0 Å². The molecule has 0 aromatic carbocycles. The first kappa shape index (κ1) is 8.39. The maximum absolute atomic E-state index is 10.3. The van der Waals surface area contributed by atoms with Crippen molar-refractivity contribution < 1.29 is 4.92 Å². The smallest absolute Gasteiger partial charge is 0.341 e. The van der Waals surface area contributed by atoms with Gasteiger partial charge in [-0.15, -0.1) is 0 Å². The SMILES string of the molecule is CC1CC(Br)=CN=C1[N+](=O)[O-]. The lowest BCUT2D eigenvalue weighted by molar-refractivity contribution is -0.356. The molecule has 0 aromatic rings. The molecule has 1 aliphatic rings. The first-order chi connectivity index (χ1) is 5.11. The third kappa shape index (κ3) is 1.86. The molecule has 0 amide bonds. The number of amidine groups is 1. The third-order valence-electron chi connectivity index (χ3n) is 1.47. The summed E-state index contributed by atoms with van der Waals surface area (Å²) < 4.78 is 0.913. The van der Waals surface area contributed by atoms with Gasteiger partial charge < -0.3 is 10.1 Å². The van der Waals surface area contributed by atoms with Gasteiger partial charge in [0.25, 0.3) is 0 Å². The summed E-state index contributed by atoms with van der Waals surface area (Å²) in [5.74, 6) is -0.0439. The van der Waals surface area contributed by atoms with E-state index in [1.54, 1.807) is 6.92 Å². The van der Waals surface area contributed by atoms with E-state index in [0.717, 1.165) is 4.48 Å². The van der Waals surface area contributed by atoms with Crippen molar-refractivity contribution in [3.05, 3.63) is 20.8 Å². The molecule has 0 aliphatic carbocycles. The average Bonchev–Trinajstić information content (AvgIpc) is 1.85. The summed E-state index contributed by atoms with van der Waals surface area (Å²) in [5.41, 5.74) is 0. The average molecular weight is 219 g/mol. The van der Waals surface area contributed by atoms with Crippen LogP contribution in [-0.2, 0) is 0 Å². The monoisotopic (exact) mass is 218 g/mol. The quantitative estimate of drug-likeness (QED) is 0.461. The largest absolute Gasteiger partial charge is 0.358 e. The standard InChI is InChI=1S/C6H7BrN2O2/c1-4-2-5(7)3-8-6(4)9(10)11/h3-4H,2H2,1H3. The van der Waals surface area contributed by atoms with Gasteiger partial charge in [-0.3, -0.25) is 0 Å². The van der Waals surface area contributed by atoms with Crippen molar-refractivity contribution in [1.29, 1.82) is 0 Å². The Morgan fingerprint density at radius 3 is 3.00 bits per heavy atom. The molecule has 60 valence electrons. The highest BCUT2D eigenvalue weighted by atomic mass is 79.9. The summed E-state index contributed by atoms with van der Waals surface area (Å²) in [7, 11) is 0. The Kier molecular flexibility index (Phi) is 2.38. The molecule has 0 N–H and O–H groups in total. The minimum atomic E-state index is -0.430. The van der Waals surface area contributed by atoms with E-state index in [9.17, 15) is 10.1 Å². The second kappa shape index (κ2) is 3.13. The third-order valence-corrected chi connectivity index (χ3v) is 1.99. The van der Waals surface area contributed by atoms with Crippen LogP contribution in [0.2, 0.25) is 0 Å². The van der Waals surface area contributed by atoms with Crippen LogP contribution in [0.5, 0.6) is 0 Å². The summed E-state index contributed by atoms with van der Waals surface area (Å²) >= 11 is 3.24. The molecule has 1 heterocycles. The van der Waals surface area contributed by atoms with E-state index in [2.05, 4.69) is 20.9 Å². The lowest BCUT2D eigenvalue weighted by Crippen LogP contribution is -2.22. The van der Waals surface area contributed by atoms with Crippen LogP contribution >= 0.6 is 15.9 Å². The summed E-state index contributed by atoms with van der Waals surface area (Å²) in [5, 5.41) is 10.3. The number of allylic oxidation sites excluding steroid dienone is 1. The Balaban J connectivity index is 2.87. The Morgan fingerprint density at radius 1 is 1.91 bits per heavy atom. The highest BCUT2D eigenvalue weighted by Gasteiger charge is 2.25. The van der Waals surface area contributed by atoms with Gasteiger partial charge in [-0.2, -0.15) is 0 Å². The van der Waals surface area contributed by atoms with E-state index in [1.165, 1.54) is 6.20 Å². The number of hydrogen-bond donors (Lipinski definition) is 0. The van der Waals surface area contributed by atoms with Crippen molar-refractivity contribution in [1.82, 2.24) is 0 Å². The maximum atomic E-state index is 10.3. The van der Waals surface area contributed by atoms with Crippen molar-refractivity contribution in [2.75, 3.05) is 0 Å². The minimum absolute atomic E-state index is 0.0493. The molecule has 4 nitrogen and oxygen atoms in total. The van der Waals surface area contributed by atoms with Crippen LogP contribution in [-0.4, -0.2) is 10.8 Å². The van der Waals surface area contributed by atoms with Crippen LogP contribution < -0.4 is 0 Å². The number of rotatable bonds is 0.